The maximum absolute atomic E-state index is 13.4. The number of hydrogen-bond donors (Lipinski definition) is 2. The van der Waals surface area contributed by atoms with Crippen molar-refractivity contribution in [3.8, 4) is 0 Å². The van der Waals surface area contributed by atoms with E-state index in [2.05, 4.69) is 0 Å². The molecule has 2 atom stereocenters. The Bertz CT molecular complexity index is 302. The lowest BCUT2D eigenvalue weighted by Crippen LogP contribution is -2.55. The van der Waals surface area contributed by atoms with Crippen LogP contribution in [0.4, 0.5) is 8.78 Å². The van der Waals surface area contributed by atoms with Gasteiger partial charge in [0.05, 0.1) is 0 Å². The summed E-state index contributed by atoms with van der Waals surface area (Å²) >= 11 is 0. The van der Waals surface area contributed by atoms with Crippen molar-refractivity contribution in [2.45, 2.75) is 50.0 Å². The van der Waals surface area contributed by atoms with Crippen LogP contribution in [0.3, 0.4) is 0 Å². The van der Waals surface area contributed by atoms with Gasteiger partial charge in [-0.1, -0.05) is 6.42 Å². The summed E-state index contributed by atoms with van der Waals surface area (Å²) in [5, 5.41) is 18.4. The van der Waals surface area contributed by atoms with E-state index >= 15 is 0 Å². The molecule has 2 aliphatic carbocycles. The van der Waals surface area contributed by atoms with Crippen molar-refractivity contribution >= 4 is 5.97 Å². The first-order chi connectivity index (χ1) is 7.37. The minimum atomic E-state index is -4.03. The lowest BCUT2D eigenvalue weighted by molar-refractivity contribution is -0.220. The molecule has 2 aliphatic rings. The van der Waals surface area contributed by atoms with Crippen LogP contribution in [0.25, 0.3) is 0 Å². The van der Waals surface area contributed by atoms with Gasteiger partial charge in [0.2, 0.25) is 0 Å². The van der Waals surface area contributed by atoms with Crippen LogP contribution < -0.4 is 0 Å². The maximum atomic E-state index is 13.4. The summed E-state index contributed by atoms with van der Waals surface area (Å²) in [4.78, 5) is 10.5. The van der Waals surface area contributed by atoms with Gasteiger partial charge in [0.25, 0.3) is 0 Å². The predicted octanol–water partition coefficient (Wildman–Crippen LogP) is 2.04. The van der Waals surface area contributed by atoms with E-state index in [0.29, 0.717) is 12.3 Å². The van der Waals surface area contributed by atoms with Gasteiger partial charge in [0.1, 0.15) is 5.60 Å². The second-order valence-electron chi connectivity index (χ2n) is 5.10. The lowest BCUT2D eigenvalue weighted by Gasteiger charge is -2.40. The van der Waals surface area contributed by atoms with Crippen molar-refractivity contribution in [1.82, 2.24) is 0 Å². The Balaban J connectivity index is 2.13. The maximum Gasteiger partial charge on any atom is 0.377 e. The third kappa shape index (κ3) is 1.81. The summed E-state index contributed by atoms with van der Waals surface area (Å²) in [6.07, 6.45) is 3.19. The molecule has 2 unspecified atom stereocenters. The summed E-state index contributed by atoms with van der Waals surface area (Å²) in [5.74, 6) is -5.74. The zero-order valence-corrected chi connectivity index (χ0v) is 8.96. The predicted molar refractivity (Wildman–Crippen MR) is 52.2 cm³/mol. The van der Waals surface area contributed by atoms with Gasteiger partial charge in [0, 0.05) is 0 Å². The van der Waals surface area contributed by atoms with Gasteiger partial charge in [0.15, 0.2) is 0 Å². The summed E-state index contributed by atoms with van der Waals surface area (Å²) < 4.78 is 26.8. The molecule has 0 aromatic carbocycles. The van der Waals surface area contributed by atoms with Gasteiger partial charge in [-0.15, -0.1) is 0 Å². The lowest BCUT2D eigenvalue weighted by atomic mass is 9.73. The molecule has 2 saturated carbocycles. The number of aliphatic carboxylic acids is 1. The molecule has 0 radical (unpaired) electrons. The van der Waals surface area contributed by atoms with E-state index in [1.165, 1.54) is 0 Å². The Morgan fingerprint density at radius 2 is 1.88 bits per heavy atom. The molecule has 2 rings (SSSR count). The average molecular weight is 234 g/mol. The standard InChI is InChI=1S/C11H16F2O3/c12-11(13,9(14)15)10(16)5-1-2-8(6-10)7-3-4-7/h7-8,16H,1-6H2,(H,14,15). The van der Waals surface area contributed by atoms with Gasteiger partial charge in [-0.2, -0.15) is 8.78 Å². The molecule has 92 valence electrons. The van der Waals surface area contributed by atoms with E-state index in [-0.39, 0.29) is 18.8 Å². The van der Waals surface area contributed by atoms with Crippen molar-refractivity contribution in [1.29, 1.82) is 0 Å². The second-order valence-corrected chi connectivity index (χ2v) is 5.10. The Kier molecular flexibility index (Phi) is 2.69. The number of hydrogen-bond acceptors (Lipinski definition) is 2. The highest BCUT2D eigenvalue weighted by atomic mass is 19.3. The van der Waals surface area contributed by atoms with Gasteiger partial charge < -0.3 is 10.2 Å². The van der Waals surface area contributed by atoms with Crippen molar-refractivity contribution in [2.75, 3.05) is 0 Å². The first kappa shape index (κ1) is 11.8. The van der Waals surface area contributed by atoms with Crippen molar-refractivity contribution < 1.29 is 23.8 Å². The van der Waals surface area contributed by atoms with Crippen LogP contribution >= 0.6 is 0 Å². The van der Waals surface area contributed by atoms with E-state index in [4.69, 9.17) is 5.11 Å². The first-order valence-corrected chi connectivity index (χ1v) is 5.70. The van der Waals surface area contributed by atoms with Gasteiger partial charge in [-0.3, -0.25) is 0 Å². The molecule has 0 aromatic heterocycles. The molecule has 16 heavy (non-hydrogen) atoms. The molecule has 3 nitrogen and oxygen atoms in total. The zero-order chi connectivity index (χ0) is 12.0. The highest BCUT2D eigenvalue weighted by molar-refractivity contribution is 5.77. The van der Waals surface area contributed by atoms with E-state index < -0.39 is 17.5 Å². The minimum absolute atomic E-state index is 0.0725. The third-order valence-corrected chi connectivity index (χ3v) is 3.91. The minimum Gasteiger partial charge on any atom is -0.477 e. The Hall–Kier alpha value is -0.710. The molecule has 2 fully saturated rings. The van der Waals surface area contributed by atoms with Crippen LogP contribution in [0.1, 0.15) is 38.5 Å². The molecule has 0 heterocycles. The monoisotopic (exact) mass is 234 g/mol. The summed E-state index contributed by atoms with van der Waals surface area (Å²) in [5.41, 5.74) is -2.34. The smallest absolute Gasteiger partial charge is 0.377 e. The molecule has 0 amide bonds. The largest absolute Gasteiger partial charge is 0.477 e. The highest BCUT2D eigenvalue weighted by Gasteiger charge is 2.60. The zero-order valence-electron chi connectivity index (χ0n) is 8.96. The third-order valence-electron chi connectivity index (χ3n) is 3.91. The molecule has 0 aromatic rings. The summed E-state index contributed by atoms with van der Waals surface area (Å²) in [6, 6.07) is 0. The normalized spacial score (nSPS) is 36.1. The average Bonchev–Trinajstić information content (AvgIpc) is 3.00. The van der Waals surface area contributed by atoms with Crippen molar-refractivity contribution in [2.24, 2.45) is 11.8 Å². The number of carboxylic acids is 1. The number of alkyl halides is 2. The highest BCUT2D eigenvalue weighted by Crippen LogP contribution is 2.50. The number of halogens is 2. The molecular formula is C11H16F2O3. The molecule has 0 spiro atoms. The molecule has 0 bridgehead atoms. The van der Waals surface area contributed by atoms with Crippen LogP contribution in [0.2, 0.25) is 0 Å². The van der Waals surface area contributed by atoms with Gasteiger partial charge in [-0.05, 0) is 43.9 Å². The van der Waals surface area contributed by atoms with Crippen molar-refractivity contribution in [3.63, 3.8) is 0 Å². The molecular weight excluding hydrogens is 218 g/mol. The van der Waals surface area contributed by atoms with Crippen LogP contribution in [-0.4, -0.2) is 27.7 Å². The first-order valence-electron chi connectivity index (χ1n) is 5.70. The number of aliphatic hydroxyl groups is 1. The molecule has 2 N–H and O–H groups in total. The molecule has 0 saturated heterocycles. The fourth-order valence-corrected chi connectivity index (χ4v) is 2.75. The second kappa shape index (κ2) is 3.65. The Morgan fingerprint density at radius 3 is 2.38 bits per heavy atom. The fourth-order valence-electron chi connectivity index (χ4n) is 2.75. The van der Waals surface area contributed by atoms with Crippen LogP contribution in [0, 0.1) is 11.8 Å². The van der Waals surface area contributed by atoms with Crippen LogP contribution in [0.15, 0.2) is 0 Å². The van der Waals surface area contributed by atoms with Crippen LogP contribution in [0.5, 0.6) is 0 Å². The van der Waals surface area contributed by atoms with E-state index in [9.17, 15) is 18.7 Å². The topological polar surface area (TPSA) is 57.5 Å². The Labute approximate surface area is 92.5 Å². The summed E-state index contributed by atoms with van der Waals surface area (Å²) in [7, 11) is 0. The van der Waals surface area contributed by atoms with Crippen LogP contribution in [-0.2, 0) is 4.79 Å². The van der Waals surface area contributed by atoms with E-state index in [0.717, 1.165) is 19.3 Å². The SMILES string of the molecule is O=C(O)C(F)(F)C1(O)CCCC(C2CC2)C1. The molecule has 5 heteroatoms. The van der Waals surface area contributed by atoms with E-state index in [1.54, 1.807) is 0 Å². The number of carboxylic acid groups (broad SMARTS) is 1. The Morgan fingerprint density at radius 1 is 1.25 bits per heavy atom. The number of rotatable bonds is 3. The molecule has 0 aliphatic heterocycles. The fraction of sp³-hybridized carbons (Fsp3) is 0.909. The van der Waals surface area contributed by atoms with Gasteiger partial charge >= 0.3 is 11.9 Å². The quantitative estimate of drug-likeness (QED) is 0.785. The van der Waals surface area contributed by atoms with Gasteiger partial charge in [-0.25, -0.2) is 4.79 Å². The van der Waals surface area contributed by atoms with E-state index in [1.807, 2.05) is 0 Å². The summed E-state index contributed by atoms with van der Waals surface area (Å²) in [6.45, 7) is 0. The number of carbonyl (C=O) groups is 1. The van der Waals surface area contributed by atoms with Crippen molar-refractivity contribution in [3.05, 3.63) is 0 Å².